The molecule has 0 aliphatic carbocycles. The summed E-state index contributed by atoms with van der Waals surface area (Å²) in [6.07, 6.45) is 1.62. The molecule has 0 N–H and O–H groups in total. The van der Waals surface area contributed by atoms with Gasteiger partial charge in [-0.3, -0.25) is 19.1 Å². The van der Waals surface area contributed by atoms with E-state index in [-0.39, 0.29) is 29.9 Å². The Balaban J connectivity index is 1.54. The Morgan fingerprint density at radius 2 is 1.79 bits per heavy atom. The molecule has 3 aromatic heterocycles. The first-order valence-electron chi connectivity index (χ1n) is 10.6. The van der Waals surface area contributed by atoms with E-state index in [4.69, 9.17) is 16.0 Å². The summed E-state index contributed by atoms with van der Waals surface area (Å²) in [5.41, 5.74) is 4.16. The lowest BCUT2D eigenvalue weighted by Gasteiger charge is -2.08. The number of fused-ring (bicyclic) bond motifs is 1. The van der Waals surface area contributed by atoms with Crippen LogP contribution in [0.25, 0.3) is 22.5 Å². The number of hydrogen-bond donors (Lipinski definition) is 0. The first-order valence-corrected chi connectivity index (χ1v) is 11.0. The van der Waals surface area contributed by atoms with Crippen LogP contribution in [0.4, 0.5) is 0 Å². The number of nitrogens with zero attached hydrogens (tertiary/aromatic N) is 4. The minimum atomic E-state index is -0.336. The maximum atomic E-state index is 13.4. The van der Waals surface area contributed by atoms with E-state index in [1.54, 1.807) is 53.2 Å². The van der Waals surface area contributed by atoms with Crippen LogP contribution in [-0.4, -0.2) is 31.4 Å². The normalized spacial score (nSPS) is 11.1. The molecule has 0 bridgehead atoms. The van der Waals surface area contributed by atoms with Crippen molar-refractivity contribution in [2.45, 2.75) is 20.3 Å². The molecule has 7 nitrogen and oxygen atoms in total. The number of aryl methyl sites for hydroxylation is 1. The average Bonchev–Trinajstić information content (AvgIpc) is 3.44. The smallest absolute Gasteiger partial charge is 0.284 e. The van der Waals surface area contributed by atoms with Crippen molar-refractivity contribution in [3.63, 3.8) is 0 Å². The summed E-state index contributed by atoms with van der Waals surface area (Å²) < 4.78 is 7.23. The molecular weight excluding hydrogens is 452 g/mol. The second-order valence-corrected chi connectivity index (χ2v) is 8.40. The Morgan fingerprint density at radius 3 is 2.53 bits per heavy atom. The molecule has 0 fully saturated rings. The van der Waals surface area contributed by atoms with Gasteiger partial charge in [-0.05, 0) is 67.9 Å². The third-order valence-electron chi connectivity index (χ3n) is 5.67. The third kappa shape index (κ3) is 3.91. The summed E-state index contributed by atoms with van der Waals surface area (Å²) in [5, 5.41) is 9.26. The lowest BCUT2D eigenvalue weighted by molar-refractivity contribution is 0.0948. The number of ketones is 1. The topological polar surface area (TPSA) is 90.9 Å². The molecule has 0 aliphatic heterocycles. The van der Waals surface area contributed by atoms with Crippen molar-refractivity contribution in [1.29, 1.82) is 0 Å². The maximum absolute atomic E-state index is 13.4. The van der Waals surface area contributed by atoms with E-state index in [9.17, 15) is 9.59 Å². The molecule has 0 saturated carbocycles. The summed E-state index contributed by atoms with van der Waals surface area (Å²) in [5.74, 6) is -0.455. The number of benzene rings is 2. The standard InChI is InChI=1S/C26H19ClN4O3/c1-15-6-11-22-20(13-15)19(16(2)31(22)26(33)17-7-9-18(27)10-8-17)14-23(32)25-30-29-24(34-25)21-5-3-4-12-28-21/h3-13H,14H2,1-2H3. The van der Waals surface area contributed by atoms with Crippen molar-refractivity contribution in [2.75, 3.05) is 0 Å². The first-order chi connectivity index (χ1) is 16.4. The highest BCUT2D eigenvalue weighted by Crippen LogP contribution is 2.29. The van der Waals surface area contributed by atoms with Crippen molar-refractivity contribution < 1.29 is 14.0 Å². The molecule has 5 rings (SSSR count). The molecule has 8 heteroatoms. The van der Waals surface area contributed by atoms with Gasteiger partial charge in [0.05, 0.1) is 5.52 Å². The van der Waals surface area contributed by atoms with E-state index >= 15 is 0 Å². The van der Waals surface area contributed by atoms with Crippen LogP contribution in [0.15, 0.2) is 71.3 Å². The van der Waals surface area contributed by atoms with E-state index in [2.05, 4.69) is 15.2 Å². The first kappa shape index (κ1) is 21.7. The van der Waals surface area contributed by atoms with E-state index in [0.717, 1.165) is 22.0 Å². The van der Waals surface area contributed by atoms with Crippen LogP contribution < -0.4 is 0 Å². The maximum Gasteiger partial charge on any atom is 0.284 e. The fourth-order valence-electron chi connectivity index (χ4n) is 3.97. The van der Waals surface area contributed by atoms with Gasteiger partial charge in [-0.1, -0.05) is 29.3 Å². The molecule has 0 aliphatic rings. The van der Waals surface area contributed by atoms with Gasteiger partial charge >= 0.3 is 0 Å². The molecule has 0 atom stereocenters. The Bertz CT molecular complexity index is 1540. The van der Waals surface area contributed by atoms with Gasteiger partial charge in [0.25, 0.3) is 17.7 Å². The highest BCUT2D eigenvalue weighted by molar-refractivity contribution is 6.30. The van der Waals surface area contributed by atoms with Gasteiger partial charge in [-0.25, -0.2) is 0 Å². The number of carbonyl (C=O) groups excluding carboxylic acids is 2. The van der Waals surface area contributed by atoms with Crippen molar-refractivity contribution in [3.8, 4) is 11.6 Å². The SMILES string of the molecule is Cc1ccc2c(c1)c(CC(=O)c1nnc(-c3ccccn3)o1)c(C)n2C(=O)c1ccc(Cl)cc1. The average molecular weight is 471 g/mol. The van der Waals surface area contributed by atoms with Crippen LogP contribution >= 0.6 is 11.6 Å². The van der Waals surface area contributed by atoms with Crippen LogP contribution in [-0.2, 0) is 6.42 Å². The van der Waals surface area contributed by atoms with Crippen molar-refractivity contribution in [3.05, 3.63) is 100 Å². The number of pyridine rings is 1. The Labute approximate surface area is 200 Å². The quantitative estimate of drug-likeness (QED) is 0.316. The Kier molecular flexibility index (Phi) is 5.55. The number of halogens is 1. The fourth-order valence-corrected chi connectivity index (χ4v) is 4.09. The molecule has 34 heavy (non-hydrogen) atoms. The van der Waals surface area contributed by atoms with Crippen LogP contribution in [0.1, 0.15) is 37.9 Å². The molecule has 3 heterocycles. The highest BCUT2D eigenvalue weighted by Gasteiger charge is 2.24. The van der Waals surface area contributed by atoms with Gasteiger partial charge in [-0.15, -0.1) is 10.2 Å². The molecule has 5 aromatic rings. The van der Waals surface area contributed by atoms with Gasteiger partial charge in [0.2, 0.25) is 5.78 Å². The van der Waals surface area contributed by atoms with Crippen LogP contribution in [0.3, 0.4) is 0 Å². The van der Waals surface area contributed by atoms with E-state index in [1.165, 1.54) is 0 Å². The summed E-state index contributed by atoms with van der Waals surface area (Å²) in [6, 6.07) is 17.8. The highest BCUT2D eigenvalue weighted by atomic mass is 35.5. The predicted octanol–water partition coefficient (Wildman–Crippen LogP) is 5.47. The monoisotopic (exact) mass is 470 g/mol. The largest absolute Gasteiger partial charge is 0.412 e. The minimum absolute atomic E-state index is 0.0105. The second-order valence-electron chi connectivity index (χ2n) is 7.96. The van der Waals surface area contributed by atoms with Crippen molar-refractivity contribution in [1.82, 2.24) is 19.7 Å². The molecule has 0 spiro atoms. The summed E-state index contributed by atoms with van der Waals surface area (Å²) >= 11 is 5.99. The molecule has 2 aromatic carbocycles. The Hall–Kier alpha value is -4.10. The van der Waals surface area contributed by atoms with Gasteiger partial charge in [0.15, 0.2) is 0 Å². The van der Waals surface area contributed by atoms with E-state index < -0.39 is 0 Å². The molecule has 0 saturated heterocycles. The van der Waals surface area contributed by atoms with Crippen LogP contribution in [0, 0.1) is 13.8 Å². The van der Waals surface area contributed by atoms with E-state index in [0.29, 0.717) is 22.0 Å². The van der Waals surface area contributed by atoms with Gasteiger partial charge in [0.1, 0.15) is 5.69 Å². The van der Waals surface area contributed by atoms with Crippen LogP contribution in [0.5, 0.6) is 0 Å². The summed E-state index contributed by atoms with van der Waals surface area (Å²) in [7, 11) is 0. The molecule has 0 amide bonds. The van der Waals surface area contributed by atoms with Gasteiger partial charge < -0.3 is 4.42 Å². The minimum Gasteiger partial charge on any atom is -0.412 e. The predicted molar refractivity (Wildman–Crippen MR) is 128 cm³/mol. The Morgan fingerprint density at radius 1 is 1.00 bits per heavy atom. The lowest BCUT2D eigenvalue weighted by atomic mass is 10.0. The number of hydrogen-bond acceptors (Lipinski definition) is 6. The van der Waals surface area contributed by atoms with Crippen LogP contribution in [0.2, 0.25) is 5.02 Å². The molecular formula is C26H19ClN4O3. The summed E-state index contributed by atoms with van der Waals surface area (Å²) in [4.78, 5) is 30.7. The zero-order valence-electron chi connectivity index (χ0n) is 18.4. The van der Waals surface area contributed by atoms with Gasteiger partial charge in [0, 0.05) is 34.3 Å². The van der Waals surface area contributed by atoms with Gasteiger partial charge in [-0.2, -0.15) is 0 Å². The fraction of sp³-hybridized carbons (Fsp3) is 0.115. The molecule has 0 unspecified atom stereocenters. The number of rotatable bonds is 5. The number of Topliss-reactive ketones (excluding diaryl/α,β-unsaturated/α-hetero) is 1. The second kappa shape index (κ2) is 8.68. The third-order valence-corrected chi connectivity index (χ3v) is 5.92. The lowest BCUT2D eigenvalue weighted by Crippen LogP contribution is -2.14. The van der Waals surface area contributed by atoms with E-state index in [1.807, 2.05) is 32.0 Å². The molecule has 0 radical (unpaired) electrons. The van der Waals surface area contributed by atoms with Crippen molar-refractivity contribution in [2.24, 2.45) is 0 Å². The zero-order chi connectivity index (χ0) is 23.8. The number of aromatic nitrogens is 4. The zero-order valence-corrected chi connectivity index (χ0v) is 19.2. The molecule has 168 valence electrons. The van der Waals surface area contributed by atoms with Crippen molar-refractivity contribution >= 4 is 34.2 Å². The number of carbonyl (C=O) groups is 2. The summed E-state index contributed by atoms with van der Waals surface area (Å²) in [6.45, 7) is 3.80.